The third-order valence-electron chi connectivity index (χ3n) is 3.46. The molecular formula is C21H33Al. The number of hydrogen-bond donors (Lipinski definition) is 0. The second kappa shape index (κ2) is 18.3. The van der Waals surface area contributed by atoms with Crippen LogP contribution in [-0.4, -0.2) is 14.1 Å². The monoisotopic (exact) mass is 312 g/mol. The van der Waals surface area contributed by atoms with Crippen LogP contribution in [0.15, 0.2) is 0 Å². The molecule has 0 aliphatic heterocycles. The van der Waals surface area contributed by atoms with Crippen molar-refractivity contribution in [1.29, 1.82) is 0 Å². The molecule has 0 amide bonds. The van der Waals surface area contributed by atoms with Crippen LogP contribution in [-0.2, 0) is 0 Å². The Bertz CT molecular complexity index is 349. The summed E-state index contributed by atoms with van der Waals surface area (Å²) in [5, 5.41) is 0. The van der Waals surface area contributed by atoms with E-state index in [0.717, 1.165) is 19.3 Å². The molecule has 120 valence electrons. The van der Waals surface area contributed by atoms with E-state index < -0.39 is 14.1 Å². The molecule has 0 aliphatic rings. The van der Waals surface area contributed by atoms with Gasteiger partial charge in [-0.2, -0.15) is 14.3 Å². The largest absolute Gasteiger partial charge is 0.574 e. The van der Waals surface area contributed by atoms with Crippen molar-refractivity contribution in [3.63, 3.8) is 0 Å². The summed E-state index contributed by atoms with van der Waals surface area (Å²) in [6.45, 7) is 6.69. The van der Waals surface area contributed by atoms with Crippen molar-refractivity contribution in [2.75, 3.05) is 0 Å². The predicted molar refractivity (Wildman–Crippen MR) is 102 cm³/mol. The summed E-state index contributed by atoms with van der Waals surface area (Å²) in [5.41, 5.74) is 0. The standard InChI is InChI=1S/3C7H11.Al/c3*1-3-5-7-6-4-2;/h3*3,5-7H2,1H3;. The van der Waals surface area contributed by atoms with Gasteiger partial charge >= 0.3 is 14.1 Å². The Morgan fingerprint density at radius 1 is 0.500 bits per heavy atom. The molecular weight excluding hydrogens is 279 g/mol. The highest BCUT2D eigenvalue weighted by Gasteiger charge is 2.07. The van der Waals surface area contributed by atoms with E-state index in [2.05, 4.69) is 52.9 Å². The number of hydrogen-bond acceptors (Lipinski definition) is 0. The molecule has 0 aromatic rings. The van der Waals surface area contributed by atoms with Crippen LogP contribution in [0.4, 0.5) is 0 Å². The molecule has 0 aliphatic carbocycles. The first kappa shape index (κ1) is 21.2. The Morgan fingerprint density at radius 3 is 1.09 bits per heavy atom. The molecule has 0 fully saturated rings. The van der Waals surface area contributed by atoms with E-state index in [4.69, 9.17) is 0 Å². The molecule has 0 unspecified atom stereocenters. The highest BCUT2D eigenvalue weighted by atomic mass is 27.2. The molecule has 0 N–H and O–H groups in total. The molecule has 0 bridgehead atoms. The quantitative estimate of drug-likeness (QED) is 0.284. The molecule has 0 radical (unpaired) electrons. The Hall–Kier alpha value is -0.788. The molecule has 0 rings (SSSR count). The van der Waals surface area contributed by atoms with Crippen LogP contribution < -0.4 is 0 Å². The van der Waals surface area contributed by atoms with Crippen LogP contribution in [0, 0.1) is 32.1 Å². The van der Waals surface area contributed by atoms with Gasteiger partial charge < -0.3 is 0 Å². The van der Waals surface area contributed by atoms with Crippen LogP contribution >= 0.6 is 0 Å². The summed E-state index contributed by atoms with van der Waals surface area (Å²) >= 11 is -1.47. The number of rotatable bonds is 9. The van der Waals surface area contributed by atoms with Gasteiger partial charge in [0.25, 0.3) is 0 Å². The number of unbranched alkanes of at least 4 members (excludes halogenated alkanes) is 9. The lowest BCUT2D eigenvalue weighted by atomic mass is 10.2. The van der Waals surface area contributed by atoms with E-state index in [0.29, 0.717) is 0 Å². The molecule has 0 saturated carbocycles. The molecule has 0 saturated heterocycles. The fourth-order valence-electron chi connectivity index (χ4n) is 2.02. The summed E-state index contributed by atoms with van der Waals surface area (Å²) in [5.74, 6) is 9.99. The van der Waals surface area contributed by atoms with E-state index >= 15 is 0 Å². The fourth-order valence-corrected chi connectivity index (χ4v) is 3.28. The third-order valence-corrected chi connectivity index (χ3v) is 4.93. The Morgan fingerprint density at radius 2 is 0.818 bits per heavy atom. The van der Waals surface area contributed by atoms with Gasteiger partial charge in [-0.05, 0) is 19.3 Å². The normalized spacial score (nSPS) is 8.86. The lowest BCUT2D eigenvalue weighted by Crippen LogP contribution is -2.04. The van der Waals surface area contributed by atoms with E-state index in [-0.39, 0.29) is 0 Å². The van der Waals surface area contributed by atoms with Crippen LogP contribution in [0.3, 0.4) is 0 Å². The first-order valence-corrected chi connectivity index (χ1v) is 11.0. The Kier molecular flexibility index (Phi) is 17.6. The molecule has 0 atom stereocenters. The van der Waals surface area contributed by atoms with Gasteiger partial charge in [-0.25, -0.2) is 0 Å². The second-order valence-corrected chi connectivity index (χ2v) is 7.50. The summed E-state index contributed by atoms with van der Waals surface area (Å²) in [6.07, 6.45) is 14.4. The van der Waals surface area contributed by atoms with Gasteiger partial charge in [0.2, 0.25) is 0 Å². The van der Waals surface area contributed by atoms with Gasteiger partial charge in [0.1, 0.15) is 0 Å². The van der Waals surface area contributed by atoms with E-state index in [1.807, 2.05) is 0 Å². The molecule has 1 heteroatoms. The van der Waals surface area contributed by atoms with Crippen LogP contribution in [0.1, 0.15) is 97.8 Å². The zero-order chi connectivity index (χ0) is 16.3. The highest BCUT2D eigenvalue weighted by Crippen LogP contribution is 1.99. The van der Waals surface area contributed by atoms with Crippen molar-refractivity contribution < 1.29 is 0 Å². The molecule has 0 aromatic carbocycles. The van der Waals surface area contributed by atoms with Gasteiger partial charge in [0, 0.05) is 19.3 Å². The third kappa shape index (κ3) is 15.6. The lowest BCUT2D eigenvalue weighted by molar-refractivity contribution is 0.737. The van der Waals surface area contributed by atoms with Gasteiger partial charge in [-0.3, -0.25) is 0 Å². The van der Waals surface area contributed by atoms with Gasteiger partial charge in [-0.1, -0.05) is 59.3 Å². The summed E-state index contributed by atoms with van der Waals surface area (Å²) < 4.78 is 0. The van der Waals surface area contributed by atoms with Gasteiger partial charge in [-0.15, -0.1) is 17.8 Å². The lowest BCUT2D eigenvalue weighted by Gasteiger charge is -1.91. The highest BCUT2D eigenvalue weighted by molar-refractivity contribution is 6.82. The maximum absolute atomic E-state index is 3.40. The van der Waals surface area contributed by atoms with Crippen molar-refractivity contribution in [2.45, 2.75) is 97.8 Å². The van der Waals surface area contributed by atoms with Gasteiger partial charge in [0.05, 0.1) is 0 Å². The van der Waals surface area contributed by atoms with Gasteiger partial charge in [0.15, 0.2) is 0 Å². The van der Waals surface area contributed by atoms with Crippen molar-refractivity contribution in [3.05, 3.63) is 0 Å². The summed E-state index contributed by atoms with van der Waals surface area (Å²) in [6, 6.07) is 0. The van der Waals surface area contributed by atoms with E-state index in [9.17, 15) is 0 Å². The molecule has 0 heterocycles. The average Bonchev–Trinajstić information content (AvgIpc) is 2.53. The summed E-state index contributed by atoms with van der Waals surface area (Å²) in [7, 11) is 0. The van der Waals surface area contributed by atoms with Crippen LogP contribution in [0.2, 0.25) is 0 Å². The van der Waals surface area contributed by atoms with E-state index in [1.54, 1.807) is 0 Å². The first-order chi connectivity index (χ1) is 10.8. The zero-order valence-electron chi connectivity index (χ0n) is 15.1. The maximum atomic E-state index is 3.40. The van der Waals surface area contributed by atoms with Crippen LogP contribution in [0.25, 0.3) is 0 Å². The molecule has 0 nitrogen and oxygen atoms in total. The Balaban J connectivity index is 4.35. The summed E-state index contributed by atoms with van der Waals surface area (Å²) in [4.78, 5) is 10.2. The average molecular weight is 312 g/mol. The smallest absolute Gasteiger partial charge is 0.169 e. The van der Waals surface area contributed by atoms with Crippen molar-refractivity contribution in [2.24, 2.45) is 0 Å². The molecule has 22 heavy (non-hydrogen) atoms. The molecule has 0 spiro atoms. The van der Waals surface area contributed by atoms with Crippen molar-refractivity contribution in [1.82, 2.24) is 0 Å². The SMILES string of the molecule is CCCCCC#[C][Al]([C]#CCCCCC)[C]#CCCCCC. The minimum Gasteiger partial charge on any atom is -0.169 e. The maximum Gasteiger partial charge on any atom is 0.574 e. The van der Waals surface area contributed by atoms with E-state index in [1.165, 1.54) is 57.8 Å². The fraction of sp³-hybridized carbons (Fsp3) is 0.714. The van der Waals surface area contributed by atoms with Crippen molar-refractivity contribution in [3.8, 4) is 32.1 Å². The zero-order valence-corrected chi connectivity index (χ0v) is 16.2. The topological polar surface area (TPSA) is 0 Å². The minimum absolute atomic E-state index is 1.02. The molecule has 0 aromatic heterocycles. The minimum atomic E-state index is -1.47. The second-order valence-electron chi connectivity index (χ2n) is 5.77. The van der Waals surface area contributed by atoms with Crippen molar-refractivity contribution >= 4 is 14.1 Å². The van der Waals surface area contributed by atoms with Crippen LogP contribution in [0.5, 0.6) is 0 Å². The first-order valence-electron chi connectivity index (χ1n) is 9.30. The predicted octanol–water partition coefficient (Wildman–Crippen LogP) is 5.85. The Labute approximate surface area is 144 Å².